The summed E-state index contributed by atoms with van der Waals surface area (Å²) in [5, 5.41) is 0.762. The van der Waals surface area contributed by atoms with E-state index in [1.165, 1.54) is 11.4 Å². The van der Waals surface area contributed by atoms with Crippen LogP contribution in [0.2, 0.25) is 10.0 Å². The number of hydrogen-bond acceptors (Lipinski definition) is 5. The van der Waals surface area contributed by atoms with E-state index in [1.807, 2.05) is 0 Å². The third-order valence-corrected chi connectivity index (χ3v) is 6.24. The molecule has 0 radical (unpaired) electrons. The van der Waals surface area contributed by atoms with Crippen LogP contribution in [-0.4, -0.2) is 51.0 Å². The van der Waals surface area contributed by atoms with Gasteiger partial charge in [0.15, 0.2) is 0 Å². The Kier molecular flexibility index (Phi) is 5.36. The number of rotatable bonds is 5. The number of fused-ring (bicyclic) bond motifs is 3. The van der Waals surface area contributed by atoms with E-state index in [9.17, 15) is 13.2 Å². The van der Waals surface area contributed by atoms with Gasteiger partial charge in [0, 0.05) is 32.2 Å². The number of H-pyrrole nitrogens is 1. The van der Waals surface area contributed by atoms with E-state index in [1.54, 1.807) is 13.2 Å². The number of carbonyl (C=O) groups is 1. The monoisotopic (exact) mass is 421 g/mol. The zero-order valence-electron chi connectivity index (χ0n) is 14.1. The molecule has 1 aliphatic rings. The Morgan fingerprint density at radius 3 is 2.73 bits per heavy atom. The van der Waals surface area contributed by atoms with Gasteiger partial charge in [0.2, 0.25) is 0 Å². The van der Waals surface area contributed by atoms with Crippen molar-refractivity contribution >= 4 is 56.0 Å². The molecule has 0 aliphatic carbocycles. The first kappa shape index (κ1) is 19.2. The first-order valence-corrected chi connectivity index (χ1v) is 9.87. The quantitative estimate of drug-likeness (QED) is 0.570. The molecule has 3 rings (SSSR count). The van der Waals surface area contributed by atoms with E-state index in [2.05, 4.69) is 14.4 Å². The Hall–Kier alpha value is -1.52. The van der Waals surface area contributed by atoms with Crippen molar-refractivity contribution < 1.29 is 22.7 Å². The molecule has 1 aromatic heterocycles. The Morgan fingerprint density at radius 1 is 1.35 bits per heavy atom. The minimum Gasteiger partial charge on any atom is -0.464 e. The second kappa shape index (κ2) is 7.24. The molecular formula is C15H17Cl2N3O5S. The topological polar surface area (TPSA) is 101 Å². The zero-order valence-corrected chi connectivity index (χ0v) is 16.4. The van der Waals surface area contributed by atoms with Crippen molar-refractivity contribution in [2.75, 3.05) is 32.1 Å². The van der Waals surface area contributed by atoms with Crippen LogP contribution >= 0.6 is 23.2 Å². The van der Waals surface area contributed by atoms with Crippen LogP contribution in [0.25, 0.3) is 10.9 Å². The van der Waals surface area contributed by atoms with Crippen LogP contribution in [0.15, 0.2) is 6.07 Å². The lowest BCUT2D eigenvalue weighted by Crippen LogP contribution is -2.40. The zero-order chi connectivity index (χ0) is 19.1. The Labute approximate surface area is 160 Å². The highest BCUT2D eigenvalue weighted by Gasteiger charge is 2.32. The van der Waals surface area contributed by atoms with Gasteiger partial charge in [0.25, 0.3) is 0 Å². The summed E-state index contributed by atoms with van der Waals surface area (Å²) in [7, 11) is -0.963. The van der Waals surface area contributed by atoms with Gasteiger partial charge in [-0.1, -0.05) is 23.2 Å². The molecule has 0 fully saturated rings. The van der Waals surface area contributed by atoms with Crippen molar-refractivity contribution in [1.82, 2.24) is 9.29 Å². The smallest absolute Gasteiger partial charge is 0.356 e. The third kappa shape index (κ3) is 3.25. The van der Waals surface area contributed by atoms with Crippen LogP contribution in [0, 0.1) is 0 Å². The molecule has 2 aromatic rings. The maximum atomic E-state index is 12.6. The lowest BCUT2D eigenvalue weighted by Gasteiger charge is -2.29. The maximum absolute atomic E-state index is 12.6. The normalized spacial score (nSPS) is 16.3. The third-order valence-electron chi connectivity index (χ3n) is 4.11. The first-order valence-electron chi connectivity index (χ1n) is 7.67. The van der Waals surface area contributed by atoms with Crippen LogP contribution in [0.4, 0.5) is 5.69 Å². The van der Waals surface area contributed by atoms with E-state index < -0.39 is 16.2 Å². The second-order valence-electron chi connectivity index (χ2n) is 5.74. The van der Waals surface area contributed by atoms with Gasteiger partial charge in [-0.3, -0.25) is 4.72 Å². The van der Waals surface area contributed by atoms with Crippen molar-refractivity contribution in [2.45, 2.75) is 13.0 Å². The predicted octanol–water partition coefficient (Wildman–Crippen LogP) is 2.77. The van der Waals surface area contributed by atoms with E-state index in [0.717, 1.165) is 0 Å². The van der Waals surface area contributed by atoms with Crippen LogP contribution in [0.5, 0.6) is 0 Å². The largest absolute Gasteiger partial charge is 0.464 e. The molecule has 2 heterocycles. The fourth-order valence-electron chi connectivity index (χ4n) is 2.88. The van der Waals surface area contributed by atoms with E-state index >= 15 is 0 Å². The lowest BCUT2D eigenvalue weighted by atomic mass is 10.1. The number of nitrogens with one attached hydrogen (secondary N) is 2. The molecule has 0 amide bonds. The molecule has 26 heavy (non-hydrogen) atoms. The number of esters is 1. The number of carbonyl (C=O) groups excluding carboxylic acids is 1. The molecule has 0 spiro atoms. The number of ether oxygens (including phenoxy) is 2. The second-order valence-corrected chi connectivity index (χ2v) is 8.19. The molecule has 142 valence electrons. The lowest BCUT2D eigenvalue weighted by molar-refractivity contribution is 0.0595. The average molecular weight is 422 g/mol. The summed E-state index contributed by atoms with van der Waals surface area (Å²) in [6.45, 7) is 0.902. The molecule has 1 aromatic carbocycles. The molecule has 0 saturated heterocycles. The number of methoxy groups -OCH3 is 2. The van der Waals surface area contributed by atoms with Crippen LogP contribution < -0.4 is 4.72 Å². The maximum Gasteiger partial charge on any atom is 0.356 e. The number of anilines is 1. The Morgan fingerprint density at radius 2 is 2.08 bits per heavy atom. The number of benzene rings is 1. The van der Waals surface area contributed by atoms with E-state index in [4.69, 9.17) is 27.9 Å². The van der Waals surface area contributed by atoms with Crippen molar-refractivity contribution in [3.8, 4) is 0 Å². The molecule has 0 atom stereocenters. The minimum atomic E-state index is -3.75. The number of nitrogens with zero attached hydrogens (tertiary/aromatic N) is 1. The number of halogens is 2. The highest BCUT2D eigenvalue weighted by Crippen LogP contribution is 2.42. The first-order chi connectivity index (χ1) is 12.3. The summed E-state index contributed by atoms with van der Waals surface area (Å²) in [5.74, 6) is -0.670. The number of aromatic amines is 1. The highest BCUT2D eigenvalue weighted by molar-refractivity contribution is 7.90. The van der Waals surface area contributed by atoms with Gasteiger partial charge in [-0.25, -0.2) is 4.79 Å². The molecule has 8 nitrogen and oxygen atoms in total. The van der Waals surface area contributed by atoms with Gasteiger partial charge in [0.1, 0.15) is 5.69 Å². The molecule has 11 heteroatoms. The summed E-state index contributed by atoms with van der Waals surface area (Å²) < 4.78 is 38.6. The number of hydrogen-bond donors (Lipinski definition) is 2. The van der Waals surface area contributed by atoms with Crippen molar-refractivity contribution in [3.63, 3.8) is 0 Å². The van der Waals surface area contributed by atoms with Gasteiger partial charge in [0.05, 0.1) is 28.4 Å². The van der Waals surface area contributed by atoms with Crippen LogP contribution in [0.1, 0.15) is 22.5 Å². The molecule has 2 N–H and O–H groups in total. The van der Waals surface area contributed by atoms with Crippen LogP contribution in [0.3, 0.4) is 0 Å². The summed E-state index contributed by atoms with van der Waals surface area (Å²) >= 11 is 12.6. The average Bonchev–Trinajstić information content (AvgIpc) is 2.94. The summed E-state index contributed by atoms with van der Waals surface area (Å²) in [4.78, 5) is 14.7. The van der Waals surface area contributed by atoms with Gasteiger partial charge in [-0.05, 0) is 18.1 Å². The Bertz CT molecular complexity index is 974. The van der Waals surface area contributed by atoms with Gasteiger partial charge in [-0.15, -0.1) is 0 Å². The fraction of sp³-hybridized carbons (Fsp3) is 0.400. The minimum absolute atomic E-state index is 0.0150. The summed E-state index contributed by atoms with van der Waals surface area (Å²) in [6, 6.07) is 1.64. The van der Waals surface area contributed by atoms with Gasteiger partial charge in [-0.2, -0.15) is 12.7 Å². The van der Waals surface area contributed by atoms with E-state index in [0.29, 0.717) is 46.7 Å². The van der Waals surface area contributed by atoms with Gasteiger partial charge >= 0.3 is 16.2 Å². The molecule has 0 saturated carbocycles. The van der Waals surface area contributed by atoms with Crippen molar-refractivity contribution in [3.05, 3.63) is 27.4 Å². The summed E-state index contributed by atoms with van der Waals surface area (Å²) in [6.07, 6.45) is 0.559. The highest BCUT2D eigenvalue weighted by atomic mass is 35.5. The SMILES string of the molecule is COCCCN1Cc2cc(Cl)c3c(Cl)c(C(=O)OC)[nH]c3c2NS1(=O)=O. The molecule has 0 unspecified atom stereocenters. The fourth-order valence-corrected chi connectivity index (χ4v) is 4.87. The standard InChI is InChI=1S/C15H17Cl2N3O5S/c1-24-5-3-4-20-7-8-6-9(16)10-11(17)14(15(21)25-2)18-13(10)12(8)19-26(20,22)23/h6,18-19H,3-5,7H2,1-2H3. The molecular weight excluding hydrogens is 405 g/mol. The molecule has 0 bridgehead atoms. The number of aromatic nitrogens is 1. The molecule has 1 aliphatic heterocycles. The van der Waals surface area contributed by atoms with E-state index in [-0.39, 0.29) is 17.3 Å². The van der Waals surface area contributed by atoms with Crippen molar-refractivity contribution in [2.24, 2.45) is 0 Å². The predicted molar refractivity (Wildman–Crippen MR) is 99.1 cm³/mol. The van der Waals surface area contributed by atoms with Crippen molar-refractivity contribution in [1.29, 1.82) is 0 Å². The van der Waals surface area contributed by atoms with Crippen LogP contribution in [-0.2, 0) is 26.2 Å². The Balaban J connectivity index is 2.10. The van der Waals surface area contributed by atoms with Gasteiger partial charge < -0.3 is 14.5 Å². The summed E-state index contributed by atoms with van der Waals surface area (Å²) in [5.41, 5.74) is 1.35.